The number of hydrogen-bond acceptors (Lipinski definition) is 4. The van der Waals surface area contributed by atoms with Crippen LogP contribution in [0.3, 0.4) is 0 Å². The van der Waals surface area contributed by atoms with Crippen LogP contribution in [0.4, 0.5) is 5.69 Å². The molecule has 2 rings (SSSR count). The lowest BCUT2D eigenvalue weighted by Crippen LogP contribution is -2.15. The fraction of sp³-hybridized carbons (Fsp3) is 0.316. The molecule has 0 radical (unpaired) electrons. The summed E-state index contributed by atoms with van der Waals surface area (Å²) >= 11 is 0. The van der Waals surface area contributed by atoms with E-state index in [1.54, 1.807) is 20.3 Å². The molecular formula is C19H23NO4. The van der Waals surface area contributed by atoms with Gasteiger partial charge in [-0.3, -0.25) is 4.79 Å². The average molecular weight is 329 g/mol. The average Bonchev–Trinajstić information content (AvgIpc) is 2.59. The van der Waals surface area contributed by atoms with E-state index >= 15 is 0 Å². The Balaban J connectivity index is 2.30. The van der Waals surface area contributed by atoms with Gasteiger partial charge in [0.25, 0.3) is 0 Å². The first-order chi connectivity index (χ1) is 11.5. The minimum absolute atomic E-state index is 0.351. The molecule has 0 aliphatic carbocycles. The van der Waals surface area contributed by atoms with Crippen molar-refractivity contribution in [1.82, 2.24) is 0 Å². The zero-order chi connectivity index (χ0) is 17.7. The monoisotopic (exact) mass is 329 g/mol. The maximum absolute atomic E-state index is 11.8. The molecule has 1 unspecified atom stereocenters. The van der Waals surface area contributed by atoms with E-state index in [1.807, 2.05) is 55.4 Å². The highest BCUT2D eigenvalue weighted by atomic mass is 16.5. The molecule has 0 heterocycles. The van der Waals surface area contributed by atoms with Crippen LogP contribution in [0.25, 0.3) is 0 Å². The summed E-state index contributed by atoms with van der Waals surface area (Å²) in [4.78, 5) is 13.7. The van der Waals surface area contributed by atoms with Crippen LogP contribution in [0.5, 0.6) is 11.5 Å². The van der Waals surface area contributed by atoms with E-state index in [1.165, 1.54) is 0 Å². The van der Waals surface area contributed by atoms with E-state index in [-0.39, 0.29) is 0 Å². The second kappa shape index (κ2) is 7.73. The lowest BCUT2D eigenvalue weighted by molar-refractivity contribution is -0.138. The van der Waals surface area contributed by atoms with E-state index in [0.717, 1.165) is 16.8 Å². The molecule has 0 saturated carbocycles. The first-order valence-corrected chi connectivity index (χ1v) is 7.67. The van der Waals surface area contributed by atoms with Crippen molar-refractivity contribution in [2.24, 2.45) is 0 Å². The summed E-state index contributed by atoms with van der Waals surface area (Å²) in [7, 11) is 7.05. The third-order valence-corrected chi connectivity index (χ3v) is 4.03. The standard InChI is InChI=1S/C19H23NO4/c1-20(2)15-8-5-13(6-9-15)17(19(21)22)11-14-7-10-16(23-3)12-18(14)24-4/h5-10,12,17H,11H2,1-4H3,(H,21,22). The first-order valence-electron chi connectivity index (χ1n) is 7.67. The molecule has 0 fully saturated rings. The van der Waals surface area contributed by atoms with Crippen molar-refractivity contribution in [3.05, 3.63) is 53.6 Å². The number of carboxylic acids is 1. The van der Waals surface area contributed by atoms with Crippen LogP contribution in [-0.2, 0) is 11.2 Å². The van der Waals surface area contributed by atoms with Gasteiger partial charge in [-0.15, -0.1) is 0 Å². The summed E-state index contributed by atoms with van der Waals surface area (Å²) in [5, 5.41) is 9.65. The predicted molar refractivity (Wildman–Crippen MR) is 94.4 cm³/mol. The summed E-state index contributed by atoms with van der Waals surface area (Å²) in [6.45, 7) is 0. The molecule has 24 heavy (non-hydrogen) atoms. The van der Waals surface area contributed by atoms with Crippen LogP contribution in [0.15, 0.2) is 42.5 Å². The second-order valence-corrected chi connectivity index (χ2v) is 5.76. The molecule has 2 aromatic carbocycles. The zero-order valence-electron chi connectivity index (χ0n) is 14.4. The van der Waals surface area contributed by atoms with Crippen molar-refractivity contribution < 1.29 is 19.4 Å². The number of methoxy groups -OCH3 is 2. The maximum Gasteiger partial charge on any atom is 0.311 e. The van der Waals surface area contributed by atoms with Gasteiger partial charge in [0.15, 0.2) is 0 Å². The van der Waals surface area contributed by atoms with Gasteiger partial charge < -0.3 is 19.5 Å². The number of ether oxygens (including phenoxy) is 2. The van der Waals surface area contributed by atoms with Crippen LogP contribution >= 0.6 is 0 Å². The quantitative estimate of drug-likeness (QED) is 0.845. The van der Waals surface area contributed by atoms with Gasteiger partial charge in [-0.2, -0.15) is 0 Å². The Morgan fingerprint density at radius 3 is 2.25 bits per heavy atom. The highest BCUT2D eigenvalue weighted by molar-refractivity contribution is 5.77. The second-order valence-electron chi connectivity index (χ2n) is 5.76. The topological polar surface area (TPSA) is 59.0 Å². The van der Waals surface area contributed by atoms with Gasteiger partial charge in [-0.05, 0) is 35.7 Å². The fourth-order valence-electron chi connectivity index (χ4n) is 2.59. The Hall–Kier alpha value is -2.69. The molecule has 0 aliphatic heterocycles. The van der Waals surface area contributed by atoms with Gasteiger partial charge in [0.05, 0.1) is 20.1 Å². The maximum atomic E-state index is 11.8. The summed E-state index contributed by atoms with van der Waals surface area (Å²) < 4.78 is 10.6. The molecule has 1 N–H and O–H groups in total. The van der Waals surface area contributed by atoms with Crippen LogP contribution < -0.4 is 14.4 Å². The molecule has 0 aliphatic rings. The Kier molecular flexibility index (Phi) is 5.68. The number of anilines is 1. The Bertz CT molecular complexity index is 695. The van der Waals surface area contributed by atoms with Gasteiger partial charge >= 0.3 is 5.97 Å². The number of carboxylic acid groups (broad SMARTS) is 1. The van der Waals surface area contributed by atoms with E-state index in [0.29, 0.717) is 17.9 Å². The number of carbonyl (C=O) groups is 1. The van der Waals surface area contributed by atoms with E-state index in [2.05, 4.69) is 0 Å². The van der Waals surface area contributed by atoms with Gasteiger partial charge in [-0.25, -0.2) is 0 Å². The van der Waals surface area contributed by atoms with Crippen molar-refractivity contribution in [2.75, 3.05) is 33.2 Å². The summed E-state index contributed by atoms with van der Waals surface area (Å²) in [6, 6.07) is 13.0. The molecule has 0 saturated heterocycles. The van der Waals surface area contributed by atoms with E-state index in [4.69, 9.17) is 9.47 Å². The highest BCUT2D eigenvalue weighted by Gasteiger charge is 2.22. The third kappa shape index (κ3) is 3.98. The summed E-state index contributed by atoms with van der Waals surface area (Å²) in [5.74, 6) is -0.183. The molecule has 5 nitrogen and oxygen atoms in total. The van der Waals surface area contributed by atoms with Gasteiger partial charge in [0, 0.05) is 25.8 Å². The third-order valence-electron chi connectivity index (χ3n) is 4.03. The molecule has 2 aromatic rings. The molecule has 128 valence electrons. The molecule has 0 spiro atoms. The Morgan fingerprint density at radius 1 is 1.08 bits per heavy atom. The number of aliphatic carboxylic acids is 1. The molecule has 5 heteroatoms. The Morgan fingerprint density at radius 2 is 1.75 bits per heavy atom. The fourth-order valence-corrected chi connectivity index (χ4v) is 2.59. The van der Waals surface area contributed by atoms with Crippen LogP contribution in [0.1, 0.15) is 17.0 Å². The van der Waals surface area contributed by atoms with E-state index < -0.39 is 11.9 Å². The van der Waals surface area contributed by atoms with Crippen LogP contribution in [-0.4, -0.2) is 39.4 Å². The number of hydrogen-bond donors (Lipinski definition) is 1. The lowest BCUT2D eigenvalue weighted by Gasteiger charge is -2.17. The van der Waals surface area contributed by atoms with Crippen molar-refractivity contribution in [3.8, 4) is 11.5 Å². The van der Waals surface area contributed by atoms with Gasteiger partial charge in [-0.1, -0.05) is 18.2 Å². The highest BCUT2D eigenvalue weighted by Crippen LogP contribution is 2.30. The number of nitrogens with zero attached hydrogens (tertiary/aromatic N) is 1. The predicted octanol–water partition coefficient (Wildman–Crippen LogP) is 3.18. The Labute approximate surface area is 142 Å². The van der Waals surface area contributed by atoms with Gasteiger partial charge in [0.2, 0.25) is 0 Å². The summed E-state index contributed by atoms with van der Waals surface area (Å²) in [6.07, 6.45) is 0.351. The van der Waals surface area contributed by atoms with Crippen molar-refractivity contribution in [1.29, 1.82) is 0 Å². The SMILES string of the molecule is COc1ccc(CC(C(=O)O)c2ccc(N(C)C)cc2)c(OC)c1. The zero-order valence-corrected chi connectivity index (χ0v) is 14.4. The molecule has 0 amide bonds. The molecule has 1 atom stereocenters. The van der Waals surface area contributed by atoms with Crippen molar-refractivity contribution >= 4 is 11.7 Å². The van der Waals surface area contributed by atoms with E-state index in [9.17, 15) is 9.90 Å². The first kappa shape index (κ1) is 17.7. The van der Waals surface area contributed by atoms with Crippen LogP contribution in [0.2, 0.25) is 0 Å². The normalized spacial score (nSPS) is 11.7. The minimum Gasteiger partial charge on any atom is -0.497 e. The largest absolute Gasteiger partial charge is 0.497 e. The lowest BCUT2D eigenvalue weighted by atomic mass is 9.91. The molecule has 0 aromatic heterocycles. The number of rotatable bonds is 7. The smallest absolute Gasteiger partial charge is 0.311 e. The summed E-state index contributed by atoms with van der Waals surface area (Å²) in [5.41, 5.74) is 2.64. The van der Waals surface area contributed by atoms with Gasteiger partial charge in [0.1, 0.15) is 11.5 Å². The number of benzene rings is 2. The molecule has 0 bridgehead atoms. The van der Waals surface area contributed by atoms with Crippen molar-refractivity contribution in [2.45, 2.75) is 12.3 Å². The molecular weight excluding hydrogens is 306 g/mol. The van der Waals surface area contributed by atoms with Crippen molar-refractivity contribution in [3.63, 3.8) is 0 Å². The minimum atomic E-state index is -0.856. The van der Waals surface area contributed by atoms with Crippen LogP contribution in [0, 0.1) is 0 Å².